The topological polar surface area (TPSA) is 58.1 Å². The van der Waals surface area contributed by atoms with E-state index in [2.05, 4.69) is 32.3 Å². The molecule has 5 nitrogen and oxygen atoms in total. The van der Waals surface area contributed by atoms with Crippen LogP contribution >= 0.6 is 11.6 Å². The van der Waals surface area contributed by atoms with Crippen LogP contribution in [0.15, 0.2) is 60.9 Å². The Bertz CT molecular complexity index is 943. The molecule has 0 unspecified atom stereocenters. The van der Waals surface area contributed by atoms with Crippen LogP contribution in [0.4, 0.5) is 11.5 Å². The van der Waals surface area contributed by atoms with Crippen molar-refractivity contribution in [3.63, 3.8) is 0 Å². The molecule has 26 heavy (non-hydrogen) atoms. The van der Waals surface area contributed by atoms with Gasteiger partial charge in [0.15, 0.2) is 0 Å². The lowest BCUT2D eigenvalue weighted by Crippen LogP contribution is -2.24. The van der Waals surface area contributed by atoms with E-state index in [9.17, 15) is 4.79 Å². The summed E-state index contributed by atoms with van der Waals surface area (Å²) in [5, 5.41) is 3.55. The lowest BCUT2D eigenvalue weighted by molar-refractivity contribution is 0.0946. The highest BCUT2D eigenvalue weighted by molar-refractivity contribution is 6.30. The van der Waals surface area contributed by atoms with Crippen molar-refractivity contribution in [2.45, 2.75) is 13.0 Å². The molecule has 0 aliphatic carbocycles. The van der Waals surface area contributed by atoms with Crippen molar-refractivity contribution in [3.8, 4) is 0 Å². The van der Waals surface area contributed by atoms with E-state index in [1.54, 1.807) is 18.2 Å². The molecular weight excluding hydrogens is 348 g/mol. The van der Waals surface area contributed by atoms with Crippen LogP contribution in [0.25, 0.3) is 0 Å². The van der Waals surface area contributed by atoms with Crippen molar-refractivity contribution < 1.29 is 4.79 Å². The zero-order chi connectivity index (χ0) is 17.9. The molecule has 2 aromatic carbocycles. The van der Waals surface area contributed by atoms with Crippen LogP contribution in [0.1, 0.15) is 21.6 Å². The molecule has 1 amide bonds. The molecule has 1 aromatic heterocycles. The van der Waals surface area contributed by atoms with Crippen molar-refractivity contribution in [2.24, 2.45) is 0 Å². The summed E-state index contributed by atoms with van der Waals surface area (Å²) in [6.45, 7) is 1.27. The number of fused-ring (bicyclic) bond motifs is 1. The first-order chi connectivity index (χ1) is 12.7. The van der Waals surface area contributed by atoms with E-state index in [0.29, 0.717) is 17.3 Å². The molecule has 6 heteroatoms. The number of hydrogen-bond acceptors (Lipinski definition) is 4. The standard InChI is InChI=1S/C20H17ClN4O/c21-16-7-5-14(6-8-16)12-22-20(26)17-11-19(24-13-23-17)25-10-9-15-3-1-2-4-18(15)25/h1-8,11,13H,9-10,12H2,(H,22,26). The number of hydrogen-bond donors (Lipinski definition) is 1. The fraction of sp³-hybridized carbons (Fsp3) is 0.150. The van der Waals surface area contributed by atoms with Gasteiger partial charge in [0.25, 0.3) is 5.91 Å². The number of amides is 1. The zero-order valence-corrected chi connectivity index (χ0v) is 14.8. The molecule has 3 aromatic rings. The predicted octanol–water partition coefficient (Wildman–Crippen LogP) is 3.75. The minimum absolute atomic E-state index is 0.226. The summed E-state index contributed by atoms with van der Waals surface area (Å²) < 4.78 is 0. The number of halogens is 1. The second kappa shape index (κ2) is 7.14. The van der Waals surface area contributed by atoms with E-state index < -0.39 is 0 Å². The first kappa shape index (κ1) is 16.5. The number of carbonyl (C=O) groups is 1. The number of aromatic nitrogens is 2. The van der Waals surface area contributed by atoms with Crippen LogP contribution in [0, 0.1) is 0 Å². The molecule has 0 radical (unpaired) electrons. The number of para-hydroxylation sites is 1. The van der Waals surface area contributed by atoms with Gasteiger partial charge in [0.1, 0.15) is 17.8 Å². The summed E-state index contributed by atoms with van der Waals surface area (Å²) in [6, 6.07) is 17.4. The van der Waals surface area contributed by atoms with E-state index in [4.69, 9.17) is 11.6 Å². The number of rotatable bonds is 4. The molecule has 0 spiro atoms. The van der Waals surface area contributed by atoms with Crippen molar-refractivity contribution in [3.05, 3.63) is 82.8 Å². The third-order valence-electron chi connectivity index (χ3n) is 4.42. The Morgan fingerprint density at radius 2 is 1.92 bits per heavy atom. The second-order valence-corrected chi connectivity index (χ2v) is 6.54. The van der Waals surface area contributed by atoms with Gasteiger partial charge in [0.05, 0.1) is 0 Å². The smallest absolute Gasteiger partial charge is 0.270 e. The summed E-state index contributed by atoms with van der Waals surface area (Å²) in [5.41, 5.74) is 3.76. The highest BCUT2D eigenvalue weighted by atomic mass is 35.5. The Hall–Kier alpha value is -2.92. The SMILES string of the molecule is O=C(NCc1ccc(Cl)cc1)c1cc(N2CCc3ccccc32)ncn1. The van der Waals surface area contributed by atoms with Gasteiger partial charge in [-0.2, -0.15) is 0 Å². The van der Waals surface area contributed by atoms with Crippen molar-refractivity contribution >= 4 is 29.0 Å². The fourth-order valence-electron chi connectivity index (χ4n) is 3.07. The molecule has 0 atom stereocenters. The fourth-order valence-corrected chi connectivity index (χ4v) is 3.20. The van der Waals surface area contributed by atoms with Gasteiger partial charge in [0, 0.05) is 29.9 Å². The van der Waals surface area contributed by atoms with Gasteiger partial charge in [-0.1, -0.05) is 41.9 Å². The van der Waals surface area contributed by atoms with Gasteiger partial charge in [-0.15, -0.1) is 0 Å². The first-order valence-electron chi connectivity index (χ1n) is 8.41. The number of benzene rings is 2. The summed E-state index contributed by atoms with van der Waals surface area (Å²) >= 11 is 5.88. The van der Waals surface area contributed by atoms with E-state index >= 15 is 0 Å². The Kier molecular flexibility index (Phi) is 4.54. The summed E-state index contributed by atoms with van der Waals surface area (Å²) in [5.74, 6) is 0.512. The van der Waals surface area contributed by atoms with E-state index in [1.165, 1.54) is 11.9 Å². The lowest BCUT2D eigenvalue weighted by atomic mass is 10.2. The van der Waals surface area contributed by atoms with Crippen LogP contribution in [-0.4, -0.2) is 22.4 Å². The van der Waals surface area contributed by atoms with Crippen LogP contribution < -0.4 is 10.2 Å². The van der Waals surface area contributed by atoms with E-state index in [-0.39, 0.29) is 5.91 Å². The first-order valence-corrected chi connectivity index (χ1v) is 8.78. The van der Waals surface area contributed by atoms with Crippen molar-refractivity contribution in [1.82, 2.24) is 15.3 Å². The largest absolute Gasteiger partial charge is 0.347 e. The third kappa shape index (κ3) is 3.39. The van der Waals surface area contributed by atoms with Crippen LogP contribution in [0.5, 0.6) is 0 Å². The molecule has 0 bridgehead atoms. The molecule has 0 saturated carbocycles. The van der Waals surface area contributed by atoms with Crippen LogP contribution in [0.2, 0.25) is 5.02 Å². The molecule has 1 aliphatic rings. The number of anilines is 2. The molecule has 0 saturated heterocycles. The number of carbonyl (C=O) groups excluding carboxylic acids is 1. The Balaban J connectivity index is 1.49. The quantitative estimate of drug-likeness (QED) is 0.766. The monoisotopic (exact) mass is 364 g/mol. The van der Waals surface area contributed by atoms with Crippen molar-refractivity contribution in [1.29, 1.82) is 0 Å². The zero-order valence-electron chi connectivity index (χ0n) is 14.0. The van der Waals surface area contributed by atoms with Gasteiger partial charge in [-0.25, -0.2) is 9.97 Å². The molecule has 1 N–H and O–H groups in total. The molecule has 0 fully saturated rings. The molecule has 1 aliphatic heterocycles. The summed E-state index contributed by atoms with van der Waals surface area (Å²) in [4.78, 5) is 23.0. The average molecular weight is 365 g/mol. The lowest BCUT2D eigenvalue weighted by Gasteiger charge is -2.18. The van der Waals surface area contributed by atoms with E-state index in [0.717, 1.165) is 30.0 Å². The van der Waals surface area contributed by atoms with Gasteiger partial charge in [0.2, 0.25) is 0 Å². The molecule has 2 heterocycles. The van der Waals surface area contributed by atoms with Gasteiger partial charge >= 0.3 is 0 Å². The Morgan fingerprint density at radius 1 is 1.12 bits per heavy atom. The van der Waals surface area contributed by atoms with Gasteiger partial charge < -0.3 is 10.2 Å². The Morgan fingerprint density at radius 3 is 2.77 bits per heavy atom. The highest BCUT2D eigenvalue weighted by Gasteiger charge is 2.21. The van der Waals surface area contributed by atoms with E-state index in [1.807, 2.05) is 24.3 Å². The molecule has 130 valence electrons. The van der Waals surface area contributed by atoms with Gasteiger partial charge in [-0.3, -0.25) is 4.79 Å². The Labute approximate surface area is 156 Å². The normalized spacial score (nSPS) is 12.7. The van der Waals surface area contributed by atoms with Crippen molar-refractivity contribution in [2.75, 3.05) is 11.4 Å². The number of nitrogens with one attached hydrogen (secondary N) is 1. The average Bonchev–Trinajstić information content (AvgIpc) is 3.11. The predicted molar refractivity (Wildman–Crippen MR) is 102 cm³/mol. The molecule has 4 rings (SSSR count). The number of nitrogens with zero attached hydrogens (tertiary/aromatic N) is 3. The highest BCUT2D eigenvalue weighted by Crippen LogP contribution is 2.32. The van der Waals surface area contributed by atoms with Crippen LogP contribution in [-0.2, 0) is 13.0 Å². The van der Waals surface area contributed by atoms with Gasteiger partial charge in [-0.05, 0) is 35.7 Å². The maximum absolute atomic E-state index is 12.5. The minimum atomic E-state index is -0.226. The second-order valence-electron chi connectivity index (χ2n) is 6.10. The summed E-state index contributed by atoms with van der Waals surface area (Å²) in [7, 11) is 0. The summed E-state index contributed by atoms with van der Waals surface area (Å²) in [6.07, 6.45) is 2.41. The molecular formula is C20H17ClN4O. The maximum Gasteiger partial charge on any atom is 0.270 e. The van der Waals surface area contributed by atoms with Crippen LogP contribution in [0.3, 0.4) is 0 Å². The minimum Gasteiger partial charge on any atom is -0.347 e. The maximum atomic E-state index is 12.5. The third-order valence-corrected chi connectivity index (χ3v) is 4.67.